The average Bonchev–Trinajstić information content (AvgIpc) is 2.83. The molecule has 1 heterocycles. The van der Waals surface area contributed by atoms with Gasteiger partial charge in [-0.05, 0) is 33.6 Å². The molecular weight excluding hydrogens is 294 g/mol. The van der Waals surface area contributed by atoms with Crippen LogP contribution in [0.25, 0.3) is 0 Å². The number of carbonyl (C=O) groups excluding carboxylic acids is 1. The fraction of sp³-hybridized carbons (Fsp3) is 0.786. The second-order valence-electron chi connectivity index (χ2n) is 6.63. The summed E-state index contributed by atoms with van der Waals surface area (Å²) < 4.78 is 33.0. The first kappa shape index (κ1) is 16.6. The van der Waals surface area contributed by atoms with Crippen molar-refractivity contribution in [2.45, 2.75) is 70.6 Å². The first-order valence-electron chi connectivity index (χ1n) is 7.40. The van der Waals surface area contributed by atoms with Crippen molar-refractivity contribution in [2.75, 3.05) is 0 Å². The van der Waals surface area contributed by atoms with Crippen LogP contribution in [0.1, 0.15) is 58.2 Å². The Hall–Kier alpha value is -1.73. The Labute approximate surface area is 128 Å². The van der Waals surface area contributed by atoms with Crippen LogP contribution in [0.2, 0.25) is 0 Å². The Morgan fingerprint density at radius 3 is 2.68 bits per heavy atom. The van der Waals surface area contributed by atoms with Crippen LogP contribution in [-0.2, 0) is 11.3 Å². The minimum atomic E-state index is -2.56. The molecule has 22 heavy (non-hydrogen) atoms. The number of carbonyl (C=O) groups is 1. The topological polar surface area (TPSA) is 69.0 Å². The number of rotatable bonds is 3. The minimum absolute atomic E-state index is 0.0533. The lowest BCUT2D eigenvalue weighted by Gasteiger charge is -2.27. The second kappa shape index (κ2) is 6.18. The maximum Gasteiger partial charge on any atom is 0.407 e. The van der Waals surface area contributed by atoms with E-state index in [2.05, 4.69) is 15.6 Å². The van der Waals surface area contributed by atoms with Gasteiger partial charge in [0.25, 0.3) is 0 Å². The molecule has 0 radical (unpaired) electrons. The van der Waals surface area contributed by atoms with Gasteiger partial charge in [-0.2, -0.15) is 0 Å². The summed E-state index contributed by atoms with van der Waals surface area (Å²) in [7, 11) is 0. The van der Waals surface area contributed by atoms with Gasteiger partial charge < -0.3 is 10.1 Å². The fourth-order valence-corrected chi connectivity index (χ4v) is 2.34. The fourth-order valence-electron chi connectivity index (χ4n) is 2.34. The van der Waals surface area contributed by atoms with Crippen molar-refractivity contribution in [1.82, 2.24) is 20.3 Å². The first-order chi connectivity index (χ1) is 10.1. The largest absolute Gasteiger partial charge is 0.444 e. The number of hydrogen-bond acceptors (Lipinski definition) is 4. The lowest BCUT2D eigenvalue weighted by Crippen LogP contribution is -2.32. The number of amides is 1. The molecule has 1 amide bonds. The lowest BCUT2D eigenvalue weighted by atomic mass is 9.92. The quantitative estimate of drug-likeness (QED) is 0.930. The van der Waals surface area contributed by atoms with Crippen molar-refractivity contribution >= 4 is 6.09 Å². The maximum absolute atomic E-state index is 13.1. The molecule has 0 saturated heterocycles. The predicted octanol–water partition coefficient (Wildman–Crippen LogP) is 3.05. The van der Waals surface area contributed by atoms with E-state index in [-0.39, 0.29) is 25.4 Å². The summed E-state index contributed by atoms with van der Waals surface area (Å²) in [5, 5.41) is 10.5. The summed E-state index contributed by atoms with van der Waals surface area (Å²) in [4.78, 5) is 11.5. The Kier molecular flexibility index (Phi) is 4.67. The van der Waals surface area contributed by atoms with Gasteiger partial charge in [-0.25, -0.2) is 18.3 Å². The Bertz CT molecular complexity index is 515. The highest BCUT2D eigenvalue weighted by Crippen LogP contribution is 2.37. The Morgan fingerprint density at radius 2 is 2.09 bits per heavy atom. The van der Waals surface area contributed by atoms with Crippen LogP contribution in [-0.4, -0.2) is 32.6 Å². The van der Waals surface area contributed by atoms with Gasteiger partial charge in [-0.3, -0.25) is 0 Å². The third kappa shape index (κ3) is 4.92. The Balaban J connectivity index is 1.83. The zero-order chi connectivity index (χ0) is 16.4. The van der Waals surface area contributed by atoms with Gasteiger partial charge in [-0.15, -0.1) is 5.10 Å². The summed E-state index contributed by atoms with van der Waals surface area (Å²) >= 11 is 0. The molecule has 1 N–H and O–H groups in total. The van der Waals surface area contributed by atoms with E-state index in [4.69, 9.17) is 4.74 Å². The molecule has 0 aromatic carbocycles. The van der Waals surface area contributed by atoms with Gasteiger partial charge in [0.1, 0.15) is 11.3 Å². The monoisotopic (exact) mass is 316 g/mol. The molecule has 1 aromatic rings. The number of alkyl halides is 2. The number of nitrogens with zero attached hydrogens (tertiary/aromatic N) is 3. The highest BCUT2D eigenvalue weighted by molar-refractivity contribution is 5.67. The molecule has 1 aromatic heterocycles. The molecule has 2 rings (SSSR count). The zero-order valence-corrected chi connectivity index (χ0v) is 13.1. The van der Waals surface area contributed by atoms with Crippen molar-refractivity contribution in [1.29, 1.82) is 0 Å². The van der Waals surface area contributed by atoms with Crippen molar-refractivity contribution in [3.05, 3.63) is 11.9 Å². The minimum Gasteiger partial charge on any atom is -0.444 e. The van der Waals surface area contributed by atoms with E-state index < -0.39 is 17.6 Å². The molecule has 6 nitrogen and oxygen atoms in total. The maximum atomic E-state index is 13.1. The molecule has 1 aliphatic rings. The van der Waals surface area contributed by atoms with Crippen molar-refractivity contribution in [3.63, 3.8) is 0 Å². The van der Waals surface area contributed by atoms with Crippen LogP contribution in [0, 0.1) is 0 Å². The number of nitrogens with one attached hydrogen (secondary N) is 1. The van der Waals surface area contributed by atoms with E-state index in [1.54, 1.807) is 31.6 Å². The smallest absolute Gasteiger partial charge is 0.407 e. The van der Waals surface area contributed by atoms with Gasteiger partial charge >= 0.3 is 6.09 Å². The van der Waals surface area contributed by atoms with Crippen molar-refractivity contribution in [3.8, 4) is 0 Å². The van der Waals surface area contributed by atoms with Crippen LogP contribution in [0.3, 0.4) is 0 Å². The first-order valence-corrected chi connectivity index (χ1v) is 7.40. The van der Waals surface area contributed by atoms with Gasteiger partial charge in [0.05, 0.1) is 18.8 Å². The van der Waals surface area contributed by atoms with Gasteiger partial charge in [-0.1, -0.05) is 5.21 Å². The second-order valence-corrected chi connectivity index (χ2v) is 6.63. The van der Waals surface area contributed by atoms with Crippen molar-refractivity contribution < 1.29 is 18.3 Å². The van der Waals surface area contributed by atoms with Crippen LogP contribution in [0.4, 0.5) is 13.6 Å². The molecule has 1 saturated carbocycles. The van der Waals surface area contributed by atoms with Crippen LogP contribution >= 0.6 is 0 Å². The zero-order valence-electron chi connectivity index (χ0n) is 13.1. The molecule has 0 aliphatic heterocycles. The van der Waals surface area contributed by atoms with E-state index in [0.29, 0.717) is 18.5 Å². The van der Waals surface area contributed by atoms with Crippen LogP contribution in [0.15, 0.2) is 6.20 Å². The van der Waals surface area contributed by atoms with Gasteiger partial charge in [0.2, 0.25) is 5.92 Å². The summed E-state index contributed by atoms with van der Waals surface area (Å²) in [6.07, 6.45) is 1.68. The standard InChI is InChI=1S/C14H22F2N4O2/c1-13(2,3)22-12(21)17-8-10-9-20(19-18-10)11-4-6-14(15,16)7-5-11/h9,11H,4-8H2,1-3H3,(H,17,21). The average molecular weight is 316 g/mol. The number of aromatic nitrogens is 3. The number of hydrogen-bond donors (Lipinski definition) is 1. The Morgan fingerprint density at radius 1 is 1.45 bits per heavy atom. The van der Waals surface area contributed by atoms with E-state index in [9.17, 15) is 13.6 Å². The molecule has 0 bridgehead atoms. The molecule has 0 unspecified atom stereocenters. The summed E-state index contributed by atoms with van der Waals surface area (Å²) in [5.41, 5.74) is 0.0119. The SMILES string of the molecule is CC(C)(C)OC(=O)NCc1cn(C2CCC(F)(F)CC2)nn1. The third-order valence-electron chi connectivity index (χ3n) is 3.43. The molecule has 1 aliphatic carbocycles. The highest BCUT2D eigenvalue weighted by atomic mass is 19.3. The molecule has 1 fully saturated rings. The number of ether oxygens (including phenoxy) is 1. The van der Waals surface area contributed by atoms with E-state index >= 15 is 0 Å². The number of alkyl carbamates (subject to hydrolysis) is 1. The van der Waals surface area contributed by atoms with E-state index in [0.717, 1.165) is 0 Å². The summed E-state index contributed by atoms with van der Waals surface area (Å²) in [5.74, 6) is -2.56. The van der Waals surface area contributed by atoms with E-state index in [1.165, 1.54) is 0 Å². The normalized spacial score (nSPS) is 19.0. The third-order valence-corrected chi connectivity index (χ3v) is 3.43. The van der Waals surface area contributed by atoms with Gasteiger partial charge in [0, 0.05) is 12.8 Å². The van der Waals surface area contributed by atoms with Gasteiger partial charge in [0.15, 0.2) is 0 Å². The highest BCUT2D eigenvalue weighted by Gasteiger charge is 2.35. The summed E-state index contributed by atoms with van der Waals surface area (Å²) in [6.45, 7) is 5.53. The van der Waals surface area contributed by atoms with Crippen LogP contribution < -0.4 is 5.32 Å². The number of halogens is 2. The molecule has 8 heteroatoms. The summed E-state index contributed by atoms with van der Waals surface area (Å²) in [6, 6.07) is -0.0533. The molecule has 124 valence electrons. The van der Waals surface area contributed by atoms with E-state index in [1.807, 2.05) is 0 Å². The van der Waals surface area contributed by atoms with Crippen LogP contribution in [0.5, 0.6) is 0 Å². The molecule has 0 spiro atoms. The molecule has 0 atom stereocenters. The molecular formula is C14H22F2N4O2. The lowest BCUT2D eigenvalue weighted by molar-refractivity contribution is -0.0451. The van der Waals surface area contributed by atoms with Crippen molar-refractivity contribution in [2.24, 2.45) is 0 Å². The predicted molar refractivity (Wildman–Crippen MR) is 75.5 cm³/mol.